The Morgan fingerprint density at radius 3 is 2.18 bits per heavy atom. The Hall–Kier alpha value is -2.64. The van der Waals surface area contributed by atoms with Gasteiger partial charge in [-0.25, -0.2) is 0 Å². The van der Waals surface area contributed by atoms with Crippen molar-refractivity contribution in [2.75, 3.05) is 13.6 Å². The SMILES string of the molecule is CN1C(=O)C(CC(C#N)NC(=O)C2CC3(CCC3)CN2C(=O)C(CC(=O)C(F)(F)F)C(C)(C)C)CC1(C)C. The van der Waals surface area contributed by atoms with E-state index in [1.54, 1.807) is 32.7 Å². The van der Waals surface area contributed by atoms with Gasteiger partial charge in [-0.1, -0.05) is 27.2 Å². The summed E-state index contributed by atoms with van der Waals surface area (Å²) in [6.07, 6.45) is -2.51. The van der Waals surface area contributed by atoms with E-state index in [2.05, 4.69) is 11.4 Å². The lowest BCUT2D eigenvalue weighted by Crippen LogP contribution is -2.52. The number of rotatable bonds is 7. The summed E-state index contributed by atoms with van der Waals surface area (Å²) in [6.45, 7) is 8.90. The molecule has 38 heavy (non-hydrogen) atoms. The summed E-state index contributed by atoms with van der Waals surface area (Å²) in [5.41, 5.74) is -1.61. The van der Waals surface area contributed by atoms with E-state index in [0.717, 1.165) is 19.3 Å². The molecule has 4 atom stereocenters. The van der Waals surface area contributed by atoms with Gasteiger partial charge < -0.3 is 15.1 Å². The van der Waals surface area contributed by atoms with Gasteiger partial charge >= 0.3 is 6.18 Å². The molecule has 3 amide bonds. The third-order valence-corrected chi connectivity index (χ3v) is 8.88. The molecule has 0 radical (unpaired) electrons. The third-order valence-electron chi connectivity index (χ3n) is 8.88. The number of likely N-dealkylation sites (tertiary alicyclic amines) is 2. The van der Waals surface area contributed by atoms with Gasteiger partial charge in [-0.2, -0.15) is 18.4 Å². The average Bonchev–Trinajstić information content (AvgIpc) is 3.27. The number of hydrogen-bond donors (Lipinski definition) is 1. The molecule has 2 saturated heterocycles. The van der Waals surface area contributed by atoms with Crippen LogP contribution >= 0.6 is 0 Å². The van der Waals surface area contributed by atoms with E-state index < -0.39 is 59.5 Å². The van der Waals surface area contributed by atoms with E-state index in [1.807, 2.05) is 13.8 Å². The molecule has 11 heteroatoms. The highest BCUT2D eigenvalue weighted by Crippen LogP contribution is 2.51. The summed E-state index contributed by atoms with van der Waals surface area (Å²) in [5.74, 6) is -4.97. The molecule has 212 valence electrons. The topological polar surface area (TPSA) is 111 Å². The zero-order valence-electron chi connectivity index (χ0n) is 23.1. The highest BCUT2D eigenvalue weighted by molar-refractivity contribution is 5.93. The van der Waals surface area contributed by atoms with E-state index in [4.69, 9.17) is 0 Å². The number of carbonyl (C=O) groups is 4. The van der Waals surface area contributed by atoms with Crippen molar-refractivity contribution in [1.29, 1.82) is 5.26 Å². The first-order valence-corrected chi connectivity index (χ1v) is 13.2. The number of ketones is 1. The molecule has 1 N–H and O–H groups in total. The molecule has 0 aromatic carbocycles. The zero-order chi connectivity index (χ0) is 28.8. The standard InChI is InChI=1S/C27H39F3N4O4/c1-24(2,3)18(11-20(35)27(28,29)30)23(38)34-15-26(8-7-9-26)13-19(34)21(36)32-17(14-31)10-16-12-25(4,5)33(6)22(16)37/h16-19H,7-13,15H2,1-6H3,(H,32,36). The van der Waals surface area contributed by atoms with Crippen LogP contribution in [0.15, 0.2) is 0 Å². The van der Waals surface area contributed by atoms with Gasteiger partial charge in [0, 0.05) is 31.5 Å². The first-order chi connectivity index (χ1) is 17.3. The number of nitriles is 1. The maximum atomic E-state index is 13.7. The van der Waals surface area contributed by atoms with Gasteiger partial charge in [0.1, 0.15) is 12.1 Å². The number of alkyl halides is 3. The molecule has 1 saturated carbocycles. The molecule has 4 unspecified atom stereocenters. The zero-order valence-corrected chi connectivity index (χ0v) is 23.1. The first-order valence-electron chi connectivity index (χ1n) is 13.2. The maximum Gasteiger partial charge on any atom is 0.449 e. The number of amides is 3. The smallest absolute Gasteiger partial charge is 0.340 e. The summed E-state index contributed by atoms with van der Waals surface area (Å²) < 4.78 is 39.2. The van der Waals surface area contributed by atoms with Crippen molar-refractivity contribution in [3.63, 3.8) is 0 Å². The lowest BCUT2D eigenvalue weighted by atomic mass is 9.67. The highest BCUT2D eigenvalue weighted by atomic mass is 19.4. The van der Waals surface area contributed by atoms with E-state index in [0.29, 0.717) is 12.8 Å². The Labute approximate surface area is 222 Å². The molecule has 3 rings (SSSR count). The molecule has 1 aliphatic carbocycles. The lowest BCUT2D eigenvalue weighted by Gasteiger charge is -2.39. The molecule has 8 nitrogen and oxygen atoms in total. The van der Waals surface area contributed by atoms with Crippen LogP contribution in [0.5, 0.6) is 0 Å². The van der Waals surface area contributed by atoms with Crippen LogP contribution in [0.3, 0.4) is 0 Å². The van der Waals surface area contributed by atoms with Crippen molar-refractivity contribution < 1.29 is 32.3 Å². The van der Waals surface area contributed by atoms with Crippen LogP contribution in [0.4, 0.5) is 13.2 Å². The molecule has 2 heterocycles. The van der Waals surface area contributed by atoms with E-state index in [1.165, 1.54) is 4.90 Å². The average molecular weight is 541 g/mol. The Morgan fingerprint density at radius 2 is 1.76 bits per heavy atom. The first kappa shape index (κ1) is 29.9. The second kappa shape index (κ2) is 10.2. The van der Waals surface area contributed by atoms with E-state index in [-0.39, 0.29) is 29.8 Å². The second-order valence-electron chi connectivity index (χ2n) is 13.1. The molecule has 1 spiro atoms. The fourth-order valence-electron chi connectivity index (χ4n) is 6.11. The fourth-order valence-corrected chi connectivity index (χ4v) is 6.11. The van der Waals surface area contributed by atoms with Gasteiger partial charge in [-0.15, -0.1) is 0 Å². The molecular weight excluding hydrogens is 501 g/mol. The summed E-state index contributed by atoms with van der Waals surface area (Å²) in [5, 5.41) is 12.5. The number of hydrogen-bond acceptors (Lipinski definition) is 5. The van der Waals surface area contributed by atoms with Gasteiger partial charge in [-0.3, -0.25) is 19.2 Å². The van der Waals surface area contributed by atoms with Crippen LogP contribution in [-0.4, -0.2) is 70.7 Å². The van der Waals surface area contributed by atoms with Crippen LogP contribution in [0, 0.1) is 34.0 Å². The van der Waals surface area contributed by atoms with Gasteiger partial charge in [0.2, 0.25) is 23.5 Å². The Kier molecular flexibility index (Phi) is 7.99. The second-order valence-corrected chi connectivity index (χ2v) is 13.1. The largest absolute Gasteiger partial charge is 0.449 e. The predicted molar refractivity (Wildman–Crippen MR) is 132 cm³/mol. The number of halogens is 3. The molecule has 3 aliphatic rings. The third kappa shape index (κ3) is 5.99. The Bertz CT molecular complexity index is 1020. The van der Waals surface area contributed by atoms with Gasteiger partial charge in [0.15, 0.2) is 0 Å². The van der Waals surface area contributed by atoms with Crippen molar-refractivity contribution in [2.24, 2.45) is 22.7 Å². The van der Waals surface area contributed by atoms with Crippen molar-refractivity contribution in [1.82, 2.24) is 15.1 Å². The fraction of sp³-hybridized carbons (Fsp3) is 0.815. The minimum Gasteiger partial charge on any atom is -0.340 e. The predicted octanol–water partition coefficient (Wildman–Crippen LogP) is 3.60. The molecule has 0 bridgehead atoms. The molecule has 0 aromatic heterocycles. The van der Waals surface area contributed by atoms with Gasteiger partial charge in [0.05, 0.1) is 12.0 Å². The van der Waals surface area contributed by atoms with E-state index >= 15 is 0 Å². The molecule has 2 aliphatic heterocycles. The van der Waals surface area contributed by atoms with Gasteiger partial charge in [-0.05, 0) is 56.8 Å². The lowest BCUT2D eigenvalue weighted by molar-refractivity contribution is -0.174. The number of nitrogens with zero attached hydrogens (tertiary/aromatic N) is 3. The van der Waals surface area contributed by atoms with Crippen LogP contribution in [0.2, 0.25) is 0 Å². The molecule has 3 fully saturated rings. The minimum absolute atomic E-state index is 0.0991. The van der Waals surface area contributed by atoms with E-state index in [9.17, 15) is 37.6 Å². The Morgan fingerprint density at radius 1 is 1.16 bits per heavy atom. The highest BCUT2D eigenvalue weighted by Gasteiger charge is 2.54. The number of nitrogens with one attached hydrogen (secondary N) is 1. The minimum atomic E-state index is -5.05. The van der Waals surface area contributed by atoms with Crippen LogP contribution in [0.1, 0.15) is 79.6 Å². The summed E-state index contributed by atoms with van der Waals surface area (Å²) in [6, 6.07) is 0.138. The normalized spacial score (nSPS) is 26.1. The molecular formula is C27H39F3N4O4. The summed E-state index contributed by atoms with van der Waals surface area (Å²) >= 11 is 0. The molecule has 0 aromatic rings. The quantitative estimate of drug-likeness (QED) is 0.531. The van der Waals surface area contributed by atoms with Crippen LogP contribution in [0.25, 0.3) is 0 Å². The summed E-state index contributed by atoms with van der Waals surface area (Å²) in [7, 11) is 1.71. The van der Waals surface area contributed by atoms with Crippen molar-refractivity contribution >= 4 is 23.5 Å². The summed E-state index contributed by atoms with van der Waals surface area (Å²) in [4.78, 5) is 54.6. The van der Waals surface area contributed by atoms with Crippen molar-refractivity contribution in [3.8, 4) is 6.07 Å². The van der Waals surface area contributed by atoms with Crippen molar-refractivity contribution in [3.05, 3.63) is 0 Å². The number of Topliss-reactive ketones (excluding diaryl/α,β-unsaturated/α-hetero) is 1. The van der Waals surface area contributed by atoms with Crippen molar-refractivity contribution in [2.45, 2.75) is 103 Å². The van der Waals surface area contributed by atoms with Crippen LogP contribution < -0.4 is 5.32 Å². The Balaban J connectivity index is 1.79. The monoisotopic (exact) mass is 540 g/mol. The maximum absolute atomic E-state index is 13.7. The van der Waals surface area contributed by atoms with Crippen LogP contribution in [-0.2, 0) is 19.2 Å². The van der Waals surface area contributed by atoms with Gasteiger partial charge in [0.25, 0.3) is 0 Å². The number of carbonyl (C=O) groups excluding carboxylic acids is 4.